The van der Waals surface area contributed by atoms with Crippen LogP contribution in [0.4, 0.5) is 4.79 Å². The van der Waals surface area contributed by atoms with Gasteiger partial charge in [0.05, 0.1) is 12.1 Å². The Labute approximate surface area is 136 Å². The molecule has 1 aliphatic rings. The molecule has 0 aliphatic carbocycles. The van der Waals surface area contributed by atoms with Gasteiger partial charge in [0, 0.05) is 37.6 Å². The molecule has 2 rings (SSSR count). The maximum absolute atomic E-state index is 12.1. The molecule has 0 spiro atoms. The van der Waals surface area contributed by atoms with Gasteiger partial charge in [0.15, 0.2) is 0 Å². The first-order valence-corrected chi connectivity index (χ1v) is 8.65. The molecule has 0 saturated heterocycles. The summed E-state index contributed by atoms with van der Waals surface area (Å²) in [4.78, 5) is 17.5. The van der Waals surface area contributed by atoms with E-state index >= 15 is 0 Å². The minimum absolute atomic E-state index is 0.137. The van der Waals surface area contributed by atoms with Crippen LogP contribution >= 0.6 is 11.3 Å². The number of aliphatic hydroxyl groups is 1. The molecule has 1 aromatic heterocycles. The summed E-state index contributed by atoms with van der Waals surface area (Å²) >= 11 is 1.84. The standard InChI is InChI=1S/C16H27N3O2S/c1-12(9-17-15(20)18(4)11-16(2,3)21)19-7-5-14-13(10-19)6-8-22-14/h6,8,12,21H,5,7,9-11H2,1-4H3,(H,17,20). The van der Waals surface area contributed by atoms with Gasteiger partial charge in [-0.25, -0.2) is 4.79 Å². The molecule has 1 unspecified atom stereocenters. The van der Waals surface area contributed by atoms with Crippen molar-refractivity contribution in [3.8, 4) is 0 Å². The van der Waals surface area contributed by atoms with Crippen molar-refractivity contribution >= 4 is 17.4 Å². The van der Waals surface area contributed by atoms with E-state index in [-0.39, 0.29) is 6.03 Å². The lowest BCUT2D eigenvalue weighted by Crippen LogP contribution is -2.49. The molecule has 22 heavy (non-hydrogen) atoms. The smallest absolute Gasteiger partial charge is 0.317 e. The van der Waals surface area contributed by atoms with Crippen molar-refractivity contribution in [2.45, 2.75) is 45.4 Å². The minimum atomic E-state index is -0.875. The molecule has 2 amide bonds. The minimum Gasteiger partial charge on any atom is -0.389 e. The zero-order valence-corrected chi connectivity index (χ0v) is 14.7. The number of urea groups is 1. The summed E-state index contributed by atoms with van der Waals surface area (Å²) in [5.41, 5.74) is 0.550. The quantitative estimate of drug-likeness (QED) is 0.869. The van der Waals surface area contributed by atoms with Gasteiger partial charge in [-0.05, 0) is 44.2 Å². The summed E-state index contributed by atoms with van der Waals surface area (Å²) in [6, 6.07) is 2.36. The molecule has 1 aliphatic heterocycles. The van der Waals surface area contributed by atoms with Crippen molar-refractivity contribution in [1.29, 1.82) is 0 Å². The number of rotatable bonds is 5. The molecule has 124 valence electrons. The van der Waals surface area contributed by atoms with Crippen LogP contribution in [-0.2, 0) is 13.0 Å². The van der Waals surface area contributed by atoms with Gasteiger partial charge in [0.25, 0.3) is 0 Å². The van der Waals surface area contributed by atoms with Crippen molar-refractivity contribution in [3.05, 3.63) is 21.9 Å². The van der Waals surface area contributed by atoms with Crippen molar-refractivity contribution in [1.82, 2.24) is 15.1 Å². The maximum atomic E-state index is 12.1. The SMILES string of the molecule is CC(CNC(=O)N(C)CC(C)(C)O)N1CCc2sccc2C1. The molecule has 1 aromatic rings. The van der Waals surface area contributed by atoms with Crippen LogP contribution in [0.25, 0.3) is 0 Å². The molecule has 0 bridgehead atoms. The number of amides is 2. The summed E-state index contributed by atoms with van der Waals surface area (Å²) in [5, 5.41) is 14.9. The number of hydrogen-bond acceptors (Lipinski definition) is 4. The van der Waals surface area contributed by atoms with E-state index in [1.165, 1.54) is 15.3 Å². The Kier molecular flexibility index (Phi) is 5.47. The highest BCUT2D eigenvalue weighted by molar-refractivity contribution is 7.10. The van der Waals surface area contributed by atoms with Gasteiger partial charge >= 0.3 is 6.03 Å². The van der Waals surface area contributed by atoms with Crippen LogP contribution in [0.2, 0.25) is 0 Å². The first-order chi connectivity index (χ1) is 10.3. The van der Waals surface area contributed by atoms with Crippen LogP contribution in [0.5, 0.6) is 0 Å². The second-order valence-electron chi connectivity index (χ2n) is 6.79. The molecule has 0 aromatic carbocycles. The van der Waals surface area contributed by atoms with Crippen LogP contribution in [0.3, 0.4) is 0 Å². The first-order valence-electron chi connectivity index (χ1n) is 7.77. The monoisotopic (exact) mass is 325 g/mol. The molecular weight excluding hydrogens is 298 g/mol. The fourth-order valence-electron chi connectivity index (χ4n) is 2.80. The van der Waals surface area contributed by atoms with Crippen LogP contribution < -0.4 is 5.32 Å². The van der Waals surface area contributed by atoms with Crippen LogP contribution in [0.15, 0.2) is 11.4 Å². The van der Waals surface area contributed by atoms with Crippen molar-refractivity contribution < 1.29 is 9.90 Å². The summed E-state index contributed by atoms with van der Waals surface area (Å²) in [6.45, 7) is 8.49. The van der Waals surface area contributed by atoms with E-state index in [1.54, 1.807) is 20.9 Å². The number of likely N-dealkylation sites (N-methyl/N-ethyl adjacent to an activating group) is 1. The van der Waals surface area contributed by atoms with E-state index in [4.69, 9.17) is 0 Å². The van der Waals surface area contributed by atoms with Crippen molar-refractivity contribution in [2.24, 2.45) is 0 Å². The van der Waals surface area contributed by atoms with E-state index in [1.807, 2.05) is 11.3 Å². The number of thiophene rings is 1. The van der Waals surface area contributed by atoms with Gasteiger partial charge in [-0.15, -0.1) is 11.3 Å². The van der Waals surface area contributed by atoms with Crippen LogP contribution in [0.1, 0.15) is 31.2 Å². The number of carbonyl (C=O) groups excluding carboxylic acids is 1. The van der Waals surface area contributed by atoms with E-state index in [2.05, 4.69) is 28.6 Å². The normalized spacial score (nSPS) is 17.0. The second-order valence-corrected chi connectivity index (χ2v) is 7.79. The maximum Gasteiger partial charge on any atom is 0.317 e. The van der Waals surface area contributed by atoms with Crippen LogP contribution in [-0.4, -0.2) is 59.3 Å². The van der Waals surface area contributed by atoms with Gasteiger partial charge in [0.1, 0.15) is 0 Å². The van der Waals surface area contributed by atoms with E-state index in [0.29, 0.717) is 19.1 Å². The second kappa shape index (κ2) is 6.98. The molecule has 2 N–H and O–H groups in total. The Morgan fingerprint density at radius 1 is 1.59 bits per heavy atom. The van der Waals surface area contributed by atoms with Gasteiger partial charge in [-0.1, -0.05) is 0 Å². The Bertz CT molecular complexity index is 510. The predicted molar refractivity (Wildman–Crippen MR) is 90.2 cm³/mol. The third-order valence-corrected chi connectivity index (χ3v) is 5.00. The fraction of sp³-hybridized carbons (Fsp3) is 0.688. The lowest BCUT2D eigenvalue weighted by molar-refractivity contribution is 0.0528. The van der Waals surface area contributed by atoms with E-state index in [0.717, 1.165) is 19.5 Å². The fourth-order valence-corrected chi connectivity index (χ4v) is 3.69. The van der Waals surface area contributed by atoms with Crippen molar-refractivity contribution in [3.63, 3.8) is 0 Å². The summed E-state index contributed by atoms with van der Waals surface area (Å²) in [6.07, 6.45) is 1.10. The molecule has 5 nitrogen and oxygen atoms in total. The van der Waals surface area contributed by atoms with Crippen molar-refractivity contribution in [2.75, 3.05) is 26.7 Å². The Balaban J connectivity index is 1.78. The predicted octanol–water partition coefficient (Wildman–Crippen LogP) is 1.91. The number of fused-ring (bicyclic) bond motifs is 1. The number of carbonyl (C=O) groups is 1. The zero-order valence-electron chi connectivity index (χ0n) is 13.9. The van der Waals surface area contributed by atoms with E-state index < -0.39 is 5.60 Å². The first kappa shape index (κ1) is 17.2. The molecule has 6 heteroatoms. The molecule has 0 radical (unpaired) electrons. The van der Waals surface area contributed by atoms with Gasteiger partial charge in [-0.3, -0.25) is 4.90 Å². The average Bonchev–Trinajstić information content (AvgIpc) is 2.89. The molecule has 0 fully saturated rings. The van der Waals surface area contributed by atoms with Gasteiger partial charge in [-0.2, -0.15) is 0 Å². The molecule has 2 heterocycles. The third-order valence-electron chi connectivity index (χ3n) is 3.98. The number of hydrogen-bond donors (Lipinski definition) is 2. The molecule has 1 atom stereocenters. The Morgan fingerprint density at radius 3 is 3.00 bits per heavy atom. The van der Waals surface area contributed by atoms with Gasteiger partial charge < -0.3 is 15.3 Å². The highest BCUT2D eigenvalue weighted by Crippen LogP contribution is 2.24. The summed E-state index contributed by atoms with van der Waals surface area (Å²) < 4.78 is 0. The highest BCUT2D eigenvalue weighted by Gasteiger charge is 2.23. The Morgan fingerprint density at radius 2 is 2.32 bits per heavy atom. The zero-order chi connectivity index (χ0) is 16.3. The van der Waals surface area contributed by atoms with Crippen LogP contribution in [0, 0.1) is 0 Å². The topological polar surface area (TPSA) is 55.8 Å². The molecule has 0 saturated carbocycles. The summed E-state index contributed by atoms with van der Waals surface area (Å²) in [7, 11) is 1.70. The van der Waals surface area contributed by atoms with E-state index in [9.17, 15) is 9.90 Å². The molecular formula is C16H27N3O2S. The largest absolute Gasteiger partial charge is 0.389 e. The van der Waals surface area contributed by atoms with Gasteiger partial charge in [0.2, 0.25) is 0 Å². The lowest BCUT2D eigenvalue weighted by atomic mass is 10.1. The number of nitrogens with zero attached hydrogens (tertiary/aromatic N) is 2. The average molecular weight is 325 g/mol. The third kappa shape index (κ3) is 4.69. The number of nitrogens with one attached hydrogen (secondary N) is 1. The lowest BCUT2D eigenvalue weighted by Gasteiger charge is -2.33. The Hall–Kier alpha value is -1.11. The highest BCUT2D eigenvalue weighted by atomic mass is 32.1. The summed E-state index contributed by atoms with van der Waals surface area (Å²) in [5.74, 6) is 0.